The lowest BCUT2D eigenvalue weighted by Gasteiger charge is -2.20. The topological polar surface area (TPSA) is 82.4 Å². The highest BCUT2D eigenvalue weighted by Crippen LogP contribution is 2.27. The lowest BCUT2D eigenvalue weighted by Crippen LogP contribution is -2.35. The van der Waals surface area contributed by atoms with Crippen LogP contribution in [0.3, 0.4) is 0 Å². The molecule has 1 aromatic rings. The van der Waals surface area contributed by atoms with E-state index >= 15 is 0 Å². The Balaban J connectivity index is 2.10. The highest BCUT2D eigenvalue weighted by atomic mass is 16.3. The van der Waals surface area contributed by atoms with Gasteiger partial charge in [0.1, 0.15) is 5.69 Å². The third-order valence-electron chi connectivity index (χ3n) is 2.53. The molecule has 2 rings (SSSR count). The van der Waals surface area contributed by atoms with E-state index in [1.54, 1.807) is 17.2 Å². The highest BCUT2D eigenvalue weighted by molar-refractivity contribution is 5.93. The van der Waals surface area contributed by atoms with Crippen LogP contribution in [0.25, 0.3) is 0 Å². The summed E-state index contributed by atoms with van der Waals surface area (Å²) in [5, 5.41) is 8.89. The van der Waals surface area contributed by atoms with Crippen molar-refractivity contribution in [2.75, 3.05) is 18.9 Å². The summed E-state index contributed by atoms with van der Waals surface area (Å²) in [4.78, 5) is 16.5. The number of nitrogen functional groups attached to an aromatic ring is 1. The summed E-state index contributed by atoms with van der Waals surface area (Å²) in [5.74, 6) is -0.0803. The molecule has 1 saturated carbocycles. The fourth-order valence-corrected chi connectivity index (χ4v) is 1.63. The van der Waals surface area contributed by atoms with Crippen LogP contribution in [0.5, 0.6) is 0 Å². The predicted octanol–water partition coefficient (Wildman–Crippen LogP) is 0.194. The Morgan fingerprint density at radius 1 is 1.67 bits per heavy atom. The summed E-state index contributed by atoms with van der Waals surface area (Å²) in [6.07, 6.45) is 3.65. The number of aromatic nitrogens is 1. The molecule has 0 spiro atoms. The first kappa shape index (κ1) is 10.0. The minimum Gasteiger partial charge on any atom is -0.397 e. The second-order valence-corrected chi connectivity index (χ2v) is 3.80. The van der Waals surface area contributed by atoms with E-state index in [0.29, 0.717) is 24.0 Å². The van der Waals surface area contributed by atoms with Crippen LogP contribution in [0.15, 0.2) is 12.3 Å². The van der Waals surface area contributed by atoms with Gasteiger partial charge in [0.2, 0.25) is 0 Å². The molecule has 0 aliphatic heterocycles. The van der Waals surface area contributed by atoms with Crippen molar-refractivity contribution in [3.05, 3.63) is 18.0 Å². The van der Waals surface area contributed by atoms with Crippen molar-refractivity contribution in [1.29, 1.82) is 0 Å². The number of hydrogen-bond donors (Lipinski definition) is 3. The molecular formula is C10H15N3O2. The normalized spacial score (nSPS) is 15.3. The molecule has 0 aromatic carbocycles. The van der Waals surface area contributed by atoms with Crippen molar-refractivity contribution in [3.8, 4) is 0 Å². The number of H-pyrrole nitrogens is 1. The Kier molecular flexibility index (Phi) is 2.64. The quantitative estimate of drug-likeness (QED) is 0.662. The van der Waals surface area contributed by atoms with Crippen molar-refractivity contribution in [3.63, 3.8) is 0 Å². The van der Waals surface area contributed by atoms with Crippen LogP contribution >= 0.6 is 0 Å². The maximum Gasteiger partial charge on any atom is 0.270 e. The predicted molar refractivity (Wildman–Crippen MR) is 56.3 cm³/mol. The lowest BCUT2D eigenvalue weighted by atomic mass is 10.3. The number of nitrogens with zero attached hydrogens (tertiary/aromatic N) is 1. The van der Waals surface area contributed by atoms with Crippen LogP contribution in [-0.4, -0.2) is 40.1 Å². The van der Waals surface area contributed by atoms with Gasteiger partial charge in [0.15, 0.2) is 0 Å². The van der Waals surface area contributed by atoms with Crippen LogP contribution in [0.2, 0.25) is 0 Å². The van der Waals surface area contributed by atoms with Crippen molar-refractivity contribution in [2.24, 2.45) is 0 Å². The minimum absolute atomic E-state index is 0.00156. The average Bonchev–Trinajstić information content (AvgIpc) is 2.96. The van der Waals surface area contributed by atoms with E-state index in [2.05, 4.69) is 4.98 Å². The molecule has 1 aliphatic rings. The standard InChI is InChI=1S/C10H15N3O2/c11-7-5-9(12-6-7)10(15)13(3-4-14)8-1-2-8/h5-6,8,12,14H,1-4,11H2. The minimum atomic E-state index is -0.0803. The van der Waals surface area contributed by atoms with Gasteiger partial charge in [-0.15, -0.1) is 0 Å². The van der Waals surface area contributed by atoms with Crippen molar-refractivity contribution in [2.45, 2.75) is 18.9 Å². The second kappa shape index (κ2) is 3.94. The van der Waals surface area contributed by atoms with Gasteiger partial charge in [0, 0.05) is 24.5 Å². The number of aliphatic hydroxyl groups excluding tert-OH is 1. The molecule has 5 heteroatoms. The van der Waals surface area contributed by atoms with Crippen LogP contribution in [-0.2, 0) is 0 Å². The van der Waals surface area contributed by atoms with E-state index in [9.17, 15) is 4.79 Å². The molecule has 4 N–H and O–H groups in total. The second-order valence-electron chi connectivity index (χ2n) is 3.80. The molecule has 5 nitrogen and oxygen atoms in total. The molecule has 1 aliphatic carbocycles. The van der Waals surface area contributed by atoms with E-state index in [0.717, 1.165) is 12.8 Å². The maximum atomic E-state index is 12.0. The molecule has 0 unspecified atom stereocenters. The van der Waals surface area contributed by atoms with E-state index in [4.69, 9.17) is 10.8 Å². The number of aliphatic hydroxyl groups is 1. The summed E-state index contributed by atoms with van der Waals surface area (Å²) >= 11 is 0. The first-order chi connectivity index (χ1) is 7.22. The number of nitrogens with one attached hydrogen (secondary N) is 1. The van der Waals surface area contributed by atoms with Gasteiger partial charge < -0.3 is 20.7 Å². The molecule has 0 atom stereocenters. The molecule has 0 bridgehead atoms. The Hall–Kier alpha value is -1.49. The molecule has 0 radical (unpaired) electrons. The van der Waals surface area contributed by atoms with E-state index in [-0.39, 0.29) is 12.5 Å². The van der Waals surface area contributed by atoms with Crippen molar-refractivity contribution in [1.82, 2.24) is 9.88 Å². The number of nitrogens with two attached hydrogens (primary N) is 1. The Labute approximate surface area is 87.9 Å². The first-order valence-corrected chi connectivity index (χ1v) is 5.08. The maximum absolute atomic E-state index is 12.0. The molecule has 1 fully saturated rings. The number of rotatable bonds is 4. The van der Waals surface area contributed by atoms with Gasteiger partial charge in [0.25, 0.3) is 5.91 Å². The fraction of sp³-hybridized carbons (Fsp3) is 0.500. The Morgan fingerprint density at radius 3 is 2.87 bits per heavy atom. The number of hydrogen-bond acceptors (Lipinski definition) is 3. The number of amides is 1. The molecule has 0 saturated heterocycles. The van der Waals surface area contributed by atoms with E-state index < -0.39 is 0 Å². The van der Waals surface area contributed by atoms with Gasteiger partial charge in [-0.2, -0.15) is 0 Å². The SMILES string of the molecule is Nc1c[nH]c(C(=O)N(CCO)C2CC2)c1. The molecule has 1 amide bonds. The third-order valence-corrected chi connectivity index (χ3v) is 2.53. The number of anilines is 1. The number of carbonyl (C=O) groups excluding carboxylic acids is 1. The van der Waals surface area contributed by atoms with Crippen molar-refractivity contribution < 1.29 is 9.90 Å². The Morgan fingerprint density at radius 2 is 2.40 bits per heavy atom. The fourth-order valence-electron chi connectivity index (χ4n) is 1.63. The van der Waals surface area contributed by atoms with Gasteiger partial charge in [0.05, 0.1) is 6.61 Å². The first-order valence-electron chi connectivity index (χ1n) is 5.08. The third kappa shape index (κ3) is 2.12. The smallest absolute Gasteiger partial charge is 0.270 e. The summed E-state index contributed by atoms with van der Waals surface area (Å²) < 4.78 is 0. The zero-order chi connectivity index (χ0) is 10.8. The zero-order valence-electron chi connectivity index (χ0n) is 8.44. The van der Waals surface area contributed by atoms with Crippen LogP contribution in [0.1, 0.15) is 23.3 Å². The molecule has 1 aromatic heterocycles. The monoisotopic (exact) mass is 209 g/mol. The number of carbonyl (C=O) groups is 1. The Bertz CT molecular complexity index is 357. The average molecular weight is 209 g/mol. The zero-order valence-corrected chi connectivity index (χ0v) is 8.44. The van der Waals surface area contributed by atoms with Gasteiger partial charge in [-0.05, 0) is 18.9 Å². The summed E-state index contributed by atoms with van der Waals surface area (Å²) in [6.45, 7) is 0.390. The highest BCUT2D eigenvalue weighted by Gasteiger charge is 2.32. The van der Waals surface area contributed by atoms with Crippen LogP contribution < -0.4 is 5.73 Å². The van der Waals surface area contributed by atoms with Gasteiger partial charge in [-0.3, -0.25) is 4.79 Å². The number of aromatic amines is 1. The van der Waals surface area contributed by atoms with E-state index in [1.807, 2.05) is 0 Å². The largest absolute Gasteiger partial charge is 0.397 e. The summed E-state index contributed by atoms with van der Waals surface area (Å²) in [5.41, 5.74) is 6.58. The van der Waals surface area contributed by atoms with Crippen LogP contribution in [0.4, 0.5) is 5.69 Å². The van der Waals surface area contributed by atoms with E-state index in [1.165, 1.54) is 0 Å². The summed E-state index contributed by atoms with van der Waals surface area (Å²) in [7, 11) is 0. The molecule has 82 valence electrons. The van der Waals surface area contributed by atoms with Gasteiger partial charge in [-0.1, -0.05) is 0 Å². The summed E-state index contributed by atoms with van der Waals surface area (Å²) in [6, 6.07) is 1.92. The van der Waals surface area contributed by atoms with Crippen molar-refractivity contribution >= 4 is 11.6 Å². The molecule has 1 heterocycles. The van der Waals surface area contributed by atoms with Crippen LogP contribution in [0, 0.1) is 0 Å². The lowest BCUT2D eigenvalue weighted by molar-refractivity contribution is 0.0702. The van der Waals surface area contributed by atoms with Gasteiger partial charge in [-0.25, -0.2) is 0 Å². The molecular weight excluding hydrogens is 194 g/mol. The molecule has 15 heavy (non-hydrogen) atoms. The van der Waals surface area contributed by atoms with Gasteiger partial charge >= 0.3 is 0 Å².